The molecule has 0 saturated carbocycles. The second-order valence-corrected chi connectivity index (χ2v) is 10.9. The summed E-state index contributed by atoms with van der Waals surface area (Å²) in [7, 11) is 0.0542. The Labute approximate surface area is 199 Å². The minimum absolute atomic E-state index is 0.107. The molecule has 1 amide bonds. The van der Waals surface area contributed by atoms with Gasteiger partial charge in [-0.2, -0.15) is 4.31 Å². The van der Waals surface area contributed by atoms with Crippen LogP contribution in [-0.4, -0.2) is 50.7 Å². The van der Waals surface area contributed by atoms with E-state index in [-0.39, 0.29) is 29.7 Å². The van der Waals surface area contributed by atoms with E-state index in [1.54, 1.807) is 35.2 Å². The lowest BCUT2D eigenvalue weighted by atomic mass is 9.88. The lowest BCUT2D eigenvalue weighted by molar-refractivity contribution is 0.0762. The molecule has 1 saturated heterocycles. The molecule has 2 aliphatic rings. The molecular weight excluding hydrogens is 453 g/mol. The summed E-state index contributed by atoms with van der Waals surface area (Å²) in [6.07, 6.45) is 0.490. The molecule has 8 heteroatoms. The van der Waals surface area contributed by atoms with Gasteiger partial charge in [0.05, 0.1) is 10.4 Å². The summed E-state index contributed by atoms with van der Waals surface area (Å²) >= 11 is 0. The van der Waals surface area contributed by atoms with E-state index in [2.05, 4.69) is 0 Å². The molecule has 3 aromatic rings. The average molecular weight is 480 g/mol. The fourth-order valence-corrected chi connectivity index (χ4v) is 7.09. The summed E-state index contributed by atoms with van der Waals surface area (Å²) in [6.45, 7) is 0.805. The number of carbonyl (C=O) groups is 1. The number of fused-ring (bicyclic) bond motifs is 2. The molecular formula is C26H26FN3O3S. The van der Waals surface area contributed by atoms with Crippen LogP contribution in [0, 0.1) is 5.82 Å². The first-order valence-corrected chi connectivity index (χ1v) is 12.6. The summed E-state index contributed by atoms with van der Waals surface area (Å²) in [4.78, 5) is 17.4. The molecule has 1 atom stereocenters. The highest BCUT2D eigenvalue weighted by Crippen LogP contribution is 2.50. The Morgan fingerprint density at radius 2 is 1.76 bits per heavy atom. The summed E-state index contributed by atoms with van der Waals surface area (Å²) in [5.41, 5.74) is 2.04. The first kappa shape index (κ1) is 22.6. The van der Waals surface area contributed by atoms with Gasteiger partial charge in [-0.3, -0.25) is 4.79 Å². The van der Waals surface area contributed by atoms with Crippen LogP contribution in [0.5, 0.6) is 0 Å². The maximum atomic E-state index is 13.6. The molecule has 0 unspecified atom stereocenters. The Kier molecular flexibility index (Phi) is 5.45. The van der Waals surface area contributed by atoms with E-state index in [9.17, 15) is 17.6 Å². The Morgan fingerprint density at radius 1 is 1.03 bits per heavy atom. The number of nitrogens with zero attached hydrogens (tertiary/aromatic N) is 3. The van der Waals surface area contributed by atoms with Crippen LogP contribution in [0.3, 0.4) is 0 Å². The van der Waals surface area contributed by atoms with Crippen molar-refractivity contribution in [3.05, 3.63) is 95.3 Å². The lowest BCUT2D eigenvalue weighted by Gasteiger charge is -2.34. The molecule has 0 aliphatic carbocycles. The number of likely N-dealkylation sites (tertiary alicyclic amines) is 1. The lowest BCUT2D eigenvalue weighted by Crippen LogP contribution is -2.46. The van der Waals surface area contributed by atoms with Crippen molar-refractivity contribution in [2.24, 2.45) is 0 Å². The number of amides is 1. The topological polar surface area (TPSA) is 60.9 Å². The van der Waals surface area contributed by atoms with Gasteiger partial charge in [-0.1, -0.05) is 36.4 Å². The smallest absolute Gasteiger partial charge is 0.254 e. The van der Waals surface area contributed by atoms with Gasteiger partial charge < -0.3 is 9.80 Å². The number of hydrogen-bond acceptors (Lipinski definition) is 4. The van der Waals surface area contributed by atoms with Crippen LogP contribution in [0.2, 0.25) is 0 Å². The second kappa shape index (κ2) is 8.21. The van der Waals surface area contributed by atoms with Gasteiger partial charge in [0.2, 0.25) is 10.0 Å². The van der Waals surface area contributed by atoms with Gasteiger partial charge in [-0.25, -0.2) is 12.8 Å². The zero-order valence-electron chi connectivity index (χ0n) is 19.1. The van der Waals surface area contributed by atoms with E-state index in [4.69, 9.17) is 0 Å². The quantitative estimate of drug-likeness (QED) is 0.571. The minimum atomic E-state index is -3.78. The Bertz CT molecular complexity index is 1360. The molecule has 6 nitrogen and oxygen atoms in total. The average Bonchev–Trinajstić information content (AvgIpc) is 3.35. The third-order valence-electron chi connectivity index (χ3n) is 6.82. The summed E-state index contributed by atoms with van der Waals surface area (Å²) in [6, 6.07) is 20.3. The van der Waals surface area contributed by atoms with Gasteiger partial charge in [0.15, 0.2) is 0 Å². The van der Waals surface area contributed by atoms with Crippen LogP contribution in [0.25, 0.3) is 0 Å². The monoisotopic (exact) mass is 479 g/mol. The van der Waals surface area contributed by atoms with Crippen molar-refractivity contribution in [1.82, 2.24) is 9.21 Å². The van der Waals surface area contributed by atoms with E-state index in [1.807, 2.05) is 49.3 Å². The first-order valence-electron chi connectivity index (χ1n) is 11.2. The summed E-state index contributed by atoms with van der Waals surface area (Å²) in [5, 5.41) is 0. The molecule has 176 valence electrons. The Balaban J connectivity index is 1.52. The highest BCUT2D eigenvalue weighted by atomic mass is 32.2. The summed E-state index contributed by atoms with van der Waals surface area (Å²) < 4.78 is 42.2. The van der Waals surface area contributed by atoms with Crippen molar-refractivity contribution >= 4 is 21.6 Å². The maximum Gasteiger partial charge on any atom is 0.254 e. The molecule has 0 N–H and O–H groups in total. The van der Waals surface area contributed by atoms with Gasteiger partial charge in [0, 0.05) is 45.0 Å². The van der Waals surface area contributed by atoms with Crippen molar-refractivity contribution in [2.75, 3.05) is 32.1 Å². The van der Waals surface area contributed by atoms with Crippen molar-refractivity contribution in [2.45, 2.75) is 23.4 Å². The number of carbonyl (C=O) groups excluding carboxylic acids is 1. The number of halogens is 1. The molecule has 2 heterocycles. The van der Waals surface area contributed by atoms with Crippen molar-refractivity contribution in [3.63, 3.8) is 0 Å². The summed E-state index contributed by atoms with van der Waals surface area (Å²) in [5.74, 6) is -0.493. The normalized spacial score (nSPS) is 21.1. The molecule has 5 rings (SSSR count). The molecule has 3 aromatic carbocycles. The van der Waals surface area contributed by atoms with Gasteiger partial charge >= 0.3 is 0 Å². The predicted molar refractivity (Wildman–Crippen MR) is 129 cm³/mol. The zero-order chi connectivity index (χ0) is 24.1. The van der Waals surface area contributed by atoms with Gasteiger partial charge in [0.25, 0.3) is 5.91 Å². The van der Waals surface area contributed by atoms with Crippen molar-refractivity contribution in [3.8, 4) is 0 Å². The number of hydrogen-bond donors (Lipinski definition) is 0. The highest BCUT2D eigenvalue weighted by molar-refractivity contribution is 7.89. The van der Waals surface area contributed by atoms with Gasteiger partial charge in [0.1, 0.15) is 5.82 Å². The third-order valence-corrected chi connectivity index (χ3v) is 8.79. The fourth-order valence-electron chi connectivity index (χ4n) is 5.04. The van der Waals surface area contributed by atoms with Crippen LogP contribution in [0.4, 0.5) is 10.1 Å². The maximum absolute atomic E-state index is 13.6. The predicted octanol–water partition coefficient (Wildman–Crippen LogP) is 3.84. The van der Waals surface area contributed by atoms with Gasteiger partial charge in [-0.05, 0) is 53.9 Å². The third kappa shape index (κ3) is 3.58. The second-order valence-electron chi connectivity index (χ2n) is 9.09. The SMILES string of the molecule is CN(C)c1cccc(C(=O)N2CC[C@@]3(C2)c2ccccc2S(=O)(=O)N3Cc2ccc(F)cc2)c1. The number of benzene rings is 3. The van der Waals surface area contributed by atoms with Crippen molar-refractivity contribution < 1.29 is 17.6 Å². The van der Waals surface area contributed by atoms with Crippen LogP contribution in [-0.2, 0) is 22.1 Å². The standard InChI is InChI=1S/C26H26FN3O3S/c1-28(2)22-7-5-6-20(16-22)25(31)29-15-14-26(18-29)23-8-3-4-9-24(23)34(32,33)30(26)17-19-10-12-21(27)13-11-19/h3-13,16H,14-15,17-18H2,1-2H3/t26-/m1/s1. The molecule has 1 spiro atoms. The number of rotatable bonds is 4. The first-order chi connectivity index (χ1) is 16.2. The fraction of sp³-hybridized carbons (Fsp3) is 0.269. The van der Waals surface area contributed by atoms with Crippen LogP contribution in [0.1, 0.15) is 27.9 Å². The van der Waals surface area contributed by atoms with E-state index in [0.29, 0.717) is 24.1 Å². The van der Waals surface area contributed by atoms with Crippen LogP contribution in [0.15, 0.2) is 77.7 Å². The Hall–Kier alpha value is -3.23. The minimum Gasteiger partial charge on any atom is -0.378 e. The molecule has 2 aliphatic heterocycles. The molecule has 0 radical (unpaired) electrons. The highest BCUT2D eigenvalue weighted by Gasteiger charge is 2.57. The van der Waals surface area contributed by atoms with Crippen LogP contribution < -0.4 is 4.90 Å². The zero-order valence-corrected chi connectivity index (χ0v) is 19.9. The van der Waals surface area contributed by atoms with Gasteiger partial charge in [-0.15, -0.1) is 0 Å². The molecule has 34 heavy (non-hydrogen) atoms. The number of sulfonamides is 1. The molecule has 0 bridgehead atoms. The van der Waals surface area contributed by atoms with E-state index >= 15 is 0 Å². The largest absolute Gasteiger partial charge is 0.378 e. The Morgan fingerprint density at radius 3 is 2.50 bits per heavy atom. The van der Waals surface area contributed by atoms with E-state index in [0.717, 1.165) is 11.3 Å². The number of anilines is 1. The van der Waals surface area contributed by atoms with Crippen molar-refractivity contribution in [1.29, 1.82) is 0 Å². The van der Waals surface area contributed by atoms with E-state index in [1.165, 1.54) is 16.4 Å². The molecule has 0 aromatic heterocycles. The van der Waals surface area contributed by atoms with Crippen LogP contribution >= 0.6 is 0 Å². The van der Waals surface area contributed by atoms with E-state index < -0.39 is 15.6 Å². The molecule has 1 fully saturated rings.